The summed E-state index contributed by atoms with van der Waals surface area (Å²) in [4.78, 5) is 49.8. The maximum Gasteiger partial charge on any atom is 0.352 e. The third-order valence-electron chi connectivity index (χ3n) is 6.38. The van der Waals surface area contributed by atoms with Gasteiger partial charge in [0.15, 0.2) is 29.1 Å². The highest BCUT2D eigenvalue weighted by molar-refractivity contribution is 8.00. The van der Waals surface area contributed by atoms with Gasteiger partial charge in [0.25, 0.3) is 11.8 Å². The normalized spacial score (nSPS) is 18.6. The summed E-state index contributed by atoms with van der Waals surface area (Å²) < 4.78 is 7.23. The maximum absolute atomic E-state index is 13.1. The first-order valence-corrected chi connectivity index (χ1v) is 13.9. The standard InChI is InChI=1S/C21H29N13O5S2/c1-31-14(23)10(33(20(24)25)5-3-4-22)7-32(31)6-9-8-40-18-12(17(36)34(18)13(9)19(37)38)27-16(35)11(29-39-2)15-28-21(26)41-30-15/h7,12,18,23H,3-6,8,22H2,1-2H3,(H7,24,25,26,27,28,30,35,37,38)/p+1/b29-11-/t12-,18-/m1/s1. The first kappa shape index (κ1) is 29.6. The maximum atomic E-state index is 13.1. The SMILES string of the molecule is CO/N=C(\C(=O)N[C@@H]1C(=O)N2C(C(=O)O)=C(C[n+]3cc(N(CCCN)C(=N)N)c(N)n3C)CS[C@H]12)c1nsc(N)n1. The largest absolute Gasteiger partial charge is 0.477 e. The molecule has 4 heterocycles. The molecule has 0 bridgehead atoms. The van der Waals surface area contributed by atoms with Crippen molar-refractivity contribution < 1.29 is 29.0 Å². The van der Waals surface area contributed by atoms with Crippen LogP contribution >= 0.6 is 23.3 Å². The van der Waals surface area contributed by atoms with Gasteiger partial charge >= 0.3 is 5.97 Å². The van der Waals surface area contributed by atoms with Gasteiger partial charge in [0, 0.05) is 29.4 Å². The van der Waals surface area contributed by atoms with E-state index in [9.17, 15) is 19.5 Å². The van der Waals surface area contributed by atoms with E-state index in [4.69, 9.17) is 33.2 Å². The number of carbonyl (C=O) groups excluding carboxylic acids is 2. The van der Waals surface area contributed by atoms with Gasteiger partial charge in [-0.25, -0.2) is 4.79 Å². The number of hydrogen-bond acceptors (Lipinski definition) is 13. The number of carbonyl (C=O) groups is 3. The van der Waals surface area contributed by atoms with E-state index in [1.165, 1.54) is 23.8 Å². The molecule has 2 atom stereocenters. The van der Waals surface area contributed by atoms with Crippen LogP contribution in [-0.2, 0) is 32.8 Å². The van der Waals surface area contributed by atoms with Gasteiger partial charge in [-0.15, -0.1) is 21.1 Å². The van der Waals surface area contributed by atoms with Crippen molar-refractivity contribution in [2.75, 3.05) is 42.3 Å². The van der Waals surface area contributed by atoms with Crippen molar-refractivity contribution in [3.63, 3.8) is 0 Å². The summed E-state index contributed by atoms with van der Waals surface area (Å²) >= 11 is 2.16. The quantitative estimate of drug-likeness (QED) is 0.0446. The Labute approximate surface area is 241 Å². The molecule has 1 saturated heterocycles. The van der Waals surface area contributed by atoms with Crippen molar-refractivity contribution in [3.8, 4) is 0 Å². The van der Waals surface area contributed by atoms with Crippen molar-refractivity contribution in [1.82, 2.24) is 24.3 Å². The summed E-state index contributed by atoms with van der Waals surface area (Å²) in [5.41, 5.74) is 23.7. The number of rotatable bonds is 11. The number of nitrogens with zero attached hydrogens (tertiary/aromatic N) is 7. The molecule has 2 aromatic heterocycles. The smallest absolute Gasteiger partial charge is 0.352 e. The van der Waals surface area contributed by atoms with Gasteiger partial charge in [-0.3, -0.25) is 19.9 Å². The fourth-order valence-corrected chi connectivity index (χ4v) is 6.16. The zero-order valence-electron chi connectivity index (χ0n) is 22.1. The fourth-order valence-electron chi connectivity index (χ4n) is 4.39. The van der Waals surface area contributed by atoms with E-state index in [-0.39, 0.29) is 40.6 Å². The van der Waals surface area contributed by atoms with E-state index in [2.05, 4.69) is 19.8 Å². The van der Waals surface area contributed by atoms with Gasteiger partial charge in [-0.05, 0) is 13.0 Å². The first-order chi connectivity index (χ1) is 19.5. The van der Waals surface area contributed by atoms with Crippen molar-refractivity contribution in [3.05, 3.63) is 23.3 Å². The molecule has 0 unspecified atom stereocenters. The number of carboxylic acids is 1. The number of oxime groups is 1. The van der Waals surface area contributed by atoms with Gasteiger partial charge in [-0.1, -0.05) is 5.16 Å². The molecule has 0 aliphatic carbocycles. The van der Waals surface area contributed by atoms with E-state index in [0.29, 0.717) is 36.6 Å². The Morgan fingerprint density at radius 3 is 2.73 bits per heavy atom. The second kappa shape index (κ2) is 12.0. The molecule has 0 saturated carbocycles. The molecule has 18 nitrogen and oxygen atoms in total. The molecular formula is C21H30N13O5S2+. The molecule has 20 heteroatoms. The van der Waals surface area contributed by atoms with E-state index in [1.54, 1.807) is 22.6 Å². The van der Waals surface area contributed by atoms with Crippen molar-refractivity contribution in [1.29, 1.82) is 5.41 Å². The number of aromatic nitrogens is 4. The second-order valence-electron chi connectivity index (χ2n) is 8.90. The summed E-state index contributed by atoms with van der Waals surface area (Å²) in [7, 11) is 2.92. The Hall–Kier alpha value is -4.43. The third kappa shape index (κ3) is 5.60. The lowest BCUT2D eigenvalue weighted by Gasteiger charge is -2.49. The van der Waals surface area contributed by atoms with Crippen LogP contribution < -0.4 is 37.8 Å². The number of guanidine groups is 1. The predicted octanol–water partition coefficient (Wildman–Crippen LogP) is -2.83. The van der Waals surface area contributed by atoms with Crippen LogP contribution in [0.15, 0.2) is 22.6 Å². The second-order valence-corrected chi connectivity index (χ2v) is 10.8. The molecule has 2 aromatic rings. The minimum atomic E-state index is -1.29. The van der Waals surface area contributed by atoms with Gasteiger partial charge < -0.3 is 43.1 Å². The highest BCUT2D eigenvalue weighted by Gasteiger charge is 2.55. The predicted molar refractivity (Wildman–Crippen MR) is 151 cm³/mol. The van der Waals surface area contributed by atoms with Gasteiger partial charge in [0.1, 0.15) is 24.2 Å². The van der Waals surface area contributed by atoms with Crippen LogP contribution in [0.2, 0.25) is 0 Å². The number of nitrogens with two attached hydrogens (primary N) is 4. The Bertz CT molecular complexity index is 1450. The minimum absolute atomic E-state index is 0.0650. The molecule has 0 radical (unpaired) electrons. The Morgan fingerprint density at radius 1 is 1.41 bits per heavy atom. The molecule has 4 rings (SSSR count). The highest BCUT2D eigenvalue weighted by atomic mass is 32.2. The molecule has 41 heavy (non-hydrogen) atoms. The van der Waals surface area contributed by atoms with Crippen LogP contribution in [0.1, 0.15) is 12.2 Å². The number of carboxylic acid groups (broad SMARTS) is 1. The molecule has 2 aliphatic heterocycles. The summed E-state index contributed by atoms with van der Waals surface area (Å²) in [5.74, 6) is -2.38. The van der Waals surface area contributed by atoms with Gasteiger partial charge in [-0.2, -0.15) is 9.36 Å². The molecule has 1 fully saturated rings. The van der Waals surface area contributed by atoms with Crippen molar-refractivity contribution in [2.24, 2.45) is 23.7 Å². The van der Waals surface area contributed by atoms with Gasteiger partial charge in [0.2, 0.25) is 17.7 Å². The van der Waals surface area contributed by atoms with Crippen LogP contribution in [0.5, 0.6) is 0 Å². The summed E-state index contributed by atoms with van der Waals surface area (Å²) in [6.07, 6.45) is 2.23. The minimum Gasteiger partial charge on any atom is -0.477 e. The van der Waals surface area contributed by atoms with Crippen molar-refractivity contribution >= 4 is 69.4 Å². The summed E-state index contributed by atoms with van der Waals surface area (Å²) in [5, 5.41) is 23.7. The van der Waals surface area contributed by atoms with E-state index in [1.807, 2.05) is 0 Å². The number of nitrogens with one attached hydrogen (secondary N) is 2. The molecule has 11 N–H and O–H groups in total. The Kier molecular flexibility index (Phi) is 8.63. The number of fused-ring (bicyclic) bond motifs is 1. The Morgan fingerprint density at radius 2 is 2.15 bits per heavy atom. The average molecular weight is 609 g/mol. The molecule has 220 valence electrons. The van der Waals surface area contributed by atoms with Crippen molar-refractivity contribution in [2.45, 2.75) is 24.4 Å². The molecular weight excluding hydrogens is 578 g/mol. The molecule has 0 spiro atoms. The number of hydrogen-bond donors (Lipinski definition) is 7. The highest BCUT2D eigenvalue weighted by Crippen LogP contribution is 2.40. The van der Waals surface area contributed by atoms with Crippen LogP contribution in [0.25, 0.3) is 0 Å². The zero-order chi connectivity index (χ0) is 30.0. The van der Waals surface area contributed by atoms with Gasteiger partial charge in [0.05, 0.1) is 7.05 Å². The van der Waals surface area contributed by atoms with Crippen LogP contribution in [0, 0.1) is 5.41 Å². The number of nitrogen functional groups attached to an aromatic ring is 2. The third-order valence-corrected chi connectivity index (χ3v) is 8.26. The van der Waals surface area contributed by atoms with E-state index >= 15 is 0 Å². The Balaban J connectivity index is 1.56. The van der Waals surface area contributed by atoms with Crippen LogP contribution in [-0.4, -0.2) is 90.9 Å². The summed E-state index contributed by atoms with van der Waals surface area (Å²) in [6, 6.07) is -1.02. The van der Waals surface area contributed by atoms with E-state index < -0.39 is 29.2 Å². The number of amides is 2. The average Bonchev–Trinajstić information content (AvgIpc) is 3.48. The van der Waals surface area contributed by atoms with Crippen LogP contribution in [0.3, 0.4) is 0 Å². The number of β-lactam (4-membered cyclic amide) rings is 1. The molecule has 2 aliphatic rings. The van der Waals surface area contributed by atoms with E-state index in [0.717, 1.165) is 16.4 Å². The lowest BCUT2D eigenvalue weighted by atomic mass is 10.0. The lowest BCUT2D eigenvalue weighted by molar-refractivity contribution is -0.765. The topological polar surface area (TPSA) is 274 Å². The fraction of sp³-hybridized carbons (Fsp3) is 0.429. The monoisotopic (exact) mass is 608 g/mol. The number of thioether (sulfide) groups is 1. The first-order valence-electron chi connectivity index (χ1n) is 12.1. The lowest BCUT2D eigenvalue weighted by Crippen LogP contribution is -2.71. The number of anilines is 3. The molecule has 0 aromatic carbocycles. The zero-order valence-corrected chi connectivity index (χ0v) is 23.7. The van der Waals surface area contributed by atoms with Crippen LogP contribution in [0.4, 0.5) is 16.6 Å². The summed E-state index contributed by atoms with van der Waals surface area (Å²) in [6.45, 7) is 0.859. The number of aliphatic carboxylic acids is 1. The molecule has 2 amide bonds.